The van der Waals surface area contributed by atoms with Crippen molar-refractivity contribution in [2.45, 2.75) is 32.9 Å². The van der Waals surface area contributed by atoms with Crippen LogP contribution in [-0.2, 0) is 6.54 Å². The van der Waals surface area contributed by atoms with Gasteiger partial charge in [-0.05, 0) is 45.9 Å². The minimum Gasteiger partial charge on any atom is -0.306 e. The number of hydrogen-bond acceptors (Lipinski definition) is 3. The summed E-state index contributed by atoms with van der Waals surface area (Å²) in [5.41, 5.74) is 2.53. The lowest BCUT2D eigenvalue weighted by molar-refractivity contribution is 0.597. The van der Waals surface area contributed by atoms with Gasteiger partial charge in [-0.2, -0.15) is 5.10 Å². The van der Waals surface area contributed by atoms with Gasteiger partial charge in [0.1, 0.15) is 0 Å². The van der Waals surface area contributed by atoms with Crippen molar-refractivity contribution in [3.05, 3.63) is 38.8 Å². The van der Waals surface area contributed by atoms with Crippen LogP contribution in [0.1, 0.15) is 37.4 Å². The minimum atomic E-state index is 0.239. The molecule has 0 amide bonds. The number of aryl methyl sites for hydroxylation is 1. The van der Waals surface area contributed by atoms with Crippen molar-refractivity contribution in [1.82, 2.24) is 15.1 Å². The maximum atomic E-state index is 4.41. The van der Waals surface area contributed by atoms with Crippen LogP contribution in [0.5, 0.6) is 0 Å². The Hall–Kier alpha value is -0.650. The van der Waals surface area contributed by atoms with Gasteiger partial charge >= 0.3 is 0 Å². The van der Waals surface area contributed by atoms with Crippen LogP contribution in [0.25, 0.3) is 0 Å². The lowest BCUT2D eigenvalue weighted by atomic mass is 10.1. The summed E-state index contributed by atoms with van der Waals surface area (Å²) in [5.74, 6) is 0. The maximum absolute atomic E-state index is 4.41. The molecule has 0 fully saturated rings. The molecule has 3 nitrogen and oxygen atoms in total. The molecule has 2 aromatic rings. The van der Waals surface area contributed by atoms with Crippen LogP contribution in [0.4, 0.5) is 0 Å². The second-order valence-corrected chi connectivity index (χ2v) is 6.50. The predicted molar refractivity (Wildman–Crippen MR) is 80.1 cm³/mol. The molecule has 0 saturated heterocycles. The van der Waals surface area contributed by atoms with E-state index < -0.39 is 0 Å². The summed E-state index contributed by atoms with van der Waals surface area (Å²) in [6.07, 6.45) is 5.22. The number of thiophene rings is 1. The smallest absolute Gasteiger partial charge is 0.0701 e. The molecular weight excluding hydrogens is 310 g/mol. The second-order valence-electron chi connectivity index (χ2n) is 4.21. The summed E-state index contributed by atoms with van der Waals surface area (Å²) in [5, 5.41) is 10.1. The monoisotopic (exact) mass is 327 g/mol. The molecule has 0 bridgehead atoms. The van der Waals surface area contributed by atoms with Gasteiger partial charge < -0.3 is 5.32 Å². The van der Waals surface area contributed by atoms with Crippen molar-refractivity contribution in [3.8, 4) is 0 Å². The fourth-order valence-corrected chi connectivity index (χ4v) is 3.19. The first kappa shape index (κ1) is 13.8. The quantitative estimate of drug-likeness (QED) is 0.874. The normalized spacial score (nSPS) is 12.8. The van der Waals surface area contributed by atoms with E-state index in [1.54, 1.807) is 11.3 Å². The highest BCUT2D eigenvalue weighted by Gasteiger charge is 2.16. The molecule has 1 atom stereocenters. The highest BCUT2D eigenvalue weighted by molar-refractivity contribution is 9.11. The summed E-state index contributed by atoms with van der Waals surface area (Å²) < 4.78 is 3.18. The summed E-state index contributed by atoms with van der Waals surface area (Å²) >= 11 is 5.24. The molecule has 2 heterocycles. The van der Waals surface area contributed by atoms with E-state index in [-0.39, 0.29) is 6.04 Å². The molecule has 2 aromatic heterocycles. The van der Waals surface area contributed by atoms with Gasteiger partial charge in [-0.3, -0.25) is 4.68 Å². The average molecular weight is 328 g/mol. The van der Waals surface area contributed by atoms with Crippen LogP contribution < -0.4 is 5.32 Å². The molecule has 0 aromatic carbocycles. The standard InChI is InChI=1S/C13H18BrN3S/c1-3-5-17-8-11(7-16-17)13(15-4-2)10-6-12(14)18-9-10/h6-9,13,15H,3-5H2,1-2H3. The third kappa shape index (κ3) is 3.22. The molecule has 1 N–H and O–H groups in total. The average Bonchev–Trinajstić information content (AvgIpc) is 2.96. The third-order valence-electron chi connectivity index (χ3n) is 2.77. The van der Waals surface area contributed by atoms with Crippen molar-refractivity contribution < 1.29 is 0 Å². The Kier molecular flexibility index (Phi) is 4.97. The number of rotatable bonds is 6. The molecule has 1 unspecified atom stereocenters. The first-order valence-electron chi connectivity index (χ1n) is 6.24. The SMILES string of the molecule is CCCn1cc(C(NCC)c2csc(Br)c2)cn1. The van der Waals surface area contributed by atoms with Gasteiger partial charge in [0, 0.05) is 18.3 Å². The predicted octanol–water partition coefficient (Wildman–Crippen LogP) is 3.82. The Bertz CT molecular complexity index is 492. The van der Waals surface area contributed by atoms with Crippen LogP contribution in [0.15, 0.2) is 27.6 Å². The number of hydrogen-bond donors (Lipinski definition) is 1. The molecule has 0 aliphatic rings. The van der Waals surface area contributed by atoms with Gasteiger partial charge in [0.2, 0.25) is 0 Å². The van der Waals surface area contributed by atoms with E-state index in [1.165, 1.54) is 14.9 Å². The van der Waals surface area contributed by atoms with E-state index in [2.05, 4.69) is 57.8 Å². The van der Waals surface area contributed by atoms with Crippen LogP contribution in [0, 0.1) is 0 Å². The summed E-state index contributed by atoms with van der Waals surface area (Å²) in [6.45, 7) is 6.22. The van der Waals surface area contributed by atoms with E-state index in [9.17, 15) is 0 Å². The summed E-state index contributed by atoms with van der Waals surface area (Å²) in [4.78, 5) is 0. The molecule has 2 rings (SSSR count). The van der Waals surface area contributed by atoms with Crippen LogP contribution in [0.2, 0.25) is 0 Å². The summed E-state index contributed by atoms with van der Waals surface area (Å²) in [7, 11) is 0. The lowest BCUT2D eigenvalue weighted by Crippen LogP contribution is -2.21. The largest absolute Gasteiger partial charge is 0.306 e. The van der Waals surface area contributed by atoms with Gasteiger partial charge in [0.25, 0.3) is 0 Å². The molecule has 5 heteroatoms. The fraction of sp³-hybridized carbons (Fsp3) is 0.462. The molecule has 0 spiro atoms. The first-order chi connectivity index (χ1) is 8.74. The molecule has 98 valence electrons. The van der Waals surface area contributed by atoms with Gasteiger partial charge in [-0.25, -0.2) is 0 Å². The van der Waals surface area contributed by atoms with Crippen LogP contribution in [-0.4, -0.2) is 16.3 Å². The molecule has 0 aliphatic heterocycles. The van der Waals surface area contributed by atoms with Crippen LogP contribution >= 0.6 is 27.3 Å². The zero-order chi connectivity index (χ0) is 13.0. The van der Waals surface area contributed by atoms with E-state index in [0.717, 1.165) is 19.5 Å². The Morgan fingerprint density at radius 3 is 2.89 bits per heavy atom. The van der Waals surface area contributed by atoms with Crippen molar-refractivity contribution in [3.63, 3.8) is 0 Å². The number of nitrogens with zero attached hydrogens (tertiary/aromatic N) is 2. The van der Waals surface area contributed by atoms with E-state index in [1.807, 2.05) is 10.9 Å². The number of halogens is 1. The van der Waals surface area contributed by atoms with Crippen molar-refractivity contribution in [2.24, 2.45) is 0 Å². The number of nitrogens with one attached hydrogen (secondary N) is 1. The molecule has 0 saturated carbocycles. The topological polar surface area (TPSA) is 29.9 Å². The van der Waals surface area contributed by atoms with E-state index in [0.29, 0.717) is 0 Å². The van der Waals surface area contributed by atoms with Crippen molar-refractivity contribution >= 4 is 27.3 Å². The number of aromatic nitrogens is 2. The Balaban J connectivity index is 2.23. The zero-order valence-electron chi connectivity index (χ0n) is 10.7. The summed E-state index contributed by atoms with van der Waals surface area (Å²) in [6, 6.07) is 2.41. The minimum absolute atomic E-state index is 0.239. The maximum Gasteiger partial charge on any atom is 0.0701 e. The molecule has 0 aliphatic carbocycles. The van der Waals surface area contributed by atoms with Crippen molar-refractivity contribution in [2.75, 3.05) is 6.54 Å². The van der Waals surface area contributed by atoms with Gasteiger partial charge in [0.15, 0.2) is 0 Å². The fourth-order valence-electron chi connectivity index (χ4n) is 1.99. The molecule has 18 heavy (non-hydrogen) atoms. The van der Waals surface area contributed by atoms with Gasteiger partial charge in [0.05, 0.1) is 16.0 Å². The molecular formula is C13H18BrN3S. The van der Waals surface area contributed by atoms with Gasteiger partial charge in [-0.15, -0.1) is 11.3 Å². The second kappa shape index (κ2) is 6.50. The molecule has 0 radical (unpaired) electrons. The van der Waals surface area contributed by atoms with Gasteiger partial charge in [-0.1, -0.05) is 13.8 Å². The highest BCUT2D eigenvalue weighted by Crippen LogP contribution is 2.29. The van der Waals surface area contributed by atoms with Crippen molar-refractivity contribution in [1.29, 1.82) is 0 Å². The third-order valence-corrected chi connectivity index (χ3v) is 4.29. The van der Waals surface area contributed by atoms with E-state index in [4.69, 9.17) is 0 Å². The van der Waals surface area contributed by atoms with E-state index >= 15 is 0 Å². The zero-order valence-corrected chi connectivity index (χ0v) is 13.1. The lowest BCUT2D eigenvalue weighted by Gasteiger charge is -2.14. The highest BCUT2D eigenvalue weighted by atomic mass is 79.9. The Labute approximate surface area is 120 Å². The Morgan fingerprint density at radius 1 is 1.44 bits per heavy atom. The first-order valence-corrected chi connectivity index (χ1v) is 7.91. The van der Waals surface area contributed by atoms with Crippen LogP contribution in [0.3, 0.4) is 0 Å². The Morgan fingerprint density at radius 2 is 2.28 bits per heavy atom.